The average Bonchev–Trinajstić information content (AvgIpc) is 3.17. The van der Waals surface area contributed by atoms with Crippen LogP contribution in [-0.2, 0) is 0 Å². The first-order chi connectivity index (χ1) is 11.6. The Morgan fingerprint density at radius 1 is 0.917 bits per heavy atom. The summed E-state index contributed by atoms with van der Waals surface area (Å²) in [5.41, 5.74) is 2.71. The molecule has 0 aliphatic heterocycles. The molecule has 4 rings (SSSR count). The molecule has 8 heteroatoms. The molecule has 0 saturated carbocycles. The summed E-state index contributed by atoms with van der Waals surface area (Å²) >= 11 is 9.07. The Kier molecular flexibility index (Phi) is 4.73. The molecule has 6 nitrogen and oxygen atoms in total. The second-order valence-corrected chi connectivity index (χ2v) is 6.14. The topological polar surface area (TPSA) is 68.7 Å². The number of halogens is 2. The largest absolute Gasteiger partial charge is 0.298 e. The van der Waals surface area contributed by atoms with Gasteiger partial charge in [0.2, 0.25) is 0 Å². The lowest BCUT2D eigenvalue weighted by Gasteiger charge is -1.93. The molecule has 120 valence electrons. The van der Waals surface area contributed by atoms with Crippen molar-refractivity contribution in [2.24, 2.45) is 0 Å². The highest BCUT2D eigenvalue weighted by Crippen LogP contribution is 2.15. The lowest BCUT2D eigenvalue weighted by atomic mass is 10.3. The predicted molar refractivity (Wildman–Crippen MR) is 93.9 cm³/mol. The van der Waals surface area contributed by atoms with E-state index < -0.39 is 0 Å². The number of rotatable bonds is 2. The zero-order valence-electron chi connectivity index (χ0n) is 12.1. The monoisotopic (exact) mass is 404 g/mol. The minimum absolute atomic E-state index is 0.553. The third-order valence-electron chi connectivity index (χ3n) is 3.28. The third-order valence-corrected chi connectivity index (χ3v) is 4.01. The smallest absolute Gasteiger partial charge is 0.153 e. The lowest BCUT2D eigenvalue weighted by Crippen LogP contribution is -1.85. The zero-order chi connectivity index (χ0) is 17.1. The number of aromatic nitrogens is 4. The summed E-state index contributed by atoms with van der Waals surface area (Å²) in [6.45, 7) is 0. The molecule has 0 N–H and O–H groups in total. The SMILES string of the molecule is O=Cc1cnn2ccc(Br)cc12.O=Cc1cnn2ccc(Cl)cc12. The van der Waals surface area contributed by atoms with Crippen molar-refractivity contribution in [2.45, 2.75) is 0 Å². The fourth-order valence-corrected chi connectivity index (χ4v) is 2.62. The van der Waals surface area contributed by atoms with Gasteiger partial charge in [0, 0.05) is 21.9 Å². The van der Waals surface area contributed by atoms with Gasteiger partial charge < -0.3 is 0 Å². The third kappa shape index (κ3) is 3.22. The number of fused-ring (bicyclic) bond motifs is 2. The van der Waals surface area contributed by atoms with Crippen LogP contribution in [0.15, 0.2) is 53.5 Å². The van der Waals surface area contributed by atoms with E-state index in [-0.39, 0.29) is 0 Å². The number of pyridine rings is 2. The normalized spacial score (nSPS) is 10.4. The van der Waals surface area contributed by atoms with Crippen LogP contribution in [0.4, 0.5) is 0 Å². The molecule has 0 aliphatic carbocycles. The number of carbonyl (C=O) groups is 2. The van der Waals surface area contributed by atoms with Crippen LogP contribution in [0.25, 0.3) is 11.0 Å². The molecule has 0 saturated heterocycles. The van der Waals surface area contributed by atoms with Crippen molar-refractivity contribution < 1.29 is 9.59 Å². The highest BCUT2D eigenvalue weighted by Gasteiger charge is 2.02. The van der Waals surface area contributed by atoms with E-state index in [0.29, 0.717) is 16.1 Å². The van der Waals surface area contributed by atoms with Crippen molar-refractivity contribution in [3.63, 3.8) is 0 Å². The van der Waals surface area contributed by atoms with Crippen molar-refractivity contribution >= 4 is 51.1 Å². The van der Waals surface area contributed by atoms with Crippen LogP contribution in [0.2, 0.25) is 5.02 Å². The van der Waals surface area contributed by atoms with Crippen LogP contribution in [0.1, 0.15) is 20.7 Å². The van der Waals surface area contributed by atoms with Gasteiger partial charge in [0.15, 0.2) is 12.6 Å². The Bertz CT molecular complexity index is 957. The van der Waals surface area contributed by atoms with Crippen LogP contribution < -0.4 is 0 Å². The molecular formula is C16H10BrClN4O2. The van der Waals surface area contributed by atoms with Crippen LogP contribution >= 0.6 is 27.5 Å². The summed E-state index contributed by atoms with van der Waals surface area (Å²) in [5, 5.41) is 8.56. The molecule has 24 heavy (non-hydrogen) atoms. The summed E-state index contributed by atoms with van der Waals surface area (Å²) < 4.78 is 4.21. The van der Waals surface area contributed by atoms with E-state index in [2.05, 4.69) is 26.1 Å². The molecule has 0 unspecified atom stereocenters. The van der Waals surface area contributed by atoms with E-state index in [1.165, 1.54) is 6.20 Å². The van der Waals surface area contributed by atoms with E-state index in [1.54, 1.807) is 39.8 Å². The average molecular weight is 406 g/mol. The van der Waals surface area contributed by atoms with Crippen LogP contribution in [0, 0.1) is 0 Å². The van der Waals surface area contributed by atoms with Gasteiger partial charge in [0.25, 0.3) is 0 Å². The maximum atomic E-state index is 10.5. The van der Waals surface area contributed by atoms with Gasteiger partial charge >= 0.3 is 0 Å². The van der Waals surface area contributed by atoms with Crippen molar-refractivity contribution in [1.82, 2.24) is 19.2 Å². The van der Waals surface area contributed by atoms with Gasteiger partial charge in [0.1, 0.15) is 0 Å². The maximum Gasteiger partial charge on any atom is 0.153 e. The first-order valence-corrected chi connectivity index (χ1v) is 7.95. The molecule has 0 radical (unpaired) electrons. The van der Waals surface area contributed by atoms with E-state index in [1.807, 2.05) is 12.1 Å². The van der Waals surface area contributed by atoms with Crippen LogP contribution in [0.5, 0.6) is 0 Å². The minimum Gasteiger partial charge on any atom is -0.298 e. The summed E-state index contributed by atoms with van der Waals surface area (Å²) in [6.07, 6.45) is 8.14. The van der Waals surface area contributed by atoms with Crippen molar-refractivity contribution in [1.29, 1.82) is 0 Å². The first-order valence-electron chi connectivity index (χ1n) is 6.78. The number of carbonyl (C=O) groups excluding carboxylic acids is 2. The molecule has 0 spiro atoms. The van der Waals surface area contributed by atoms with Gasteiger partial charge in [-0.15, -0.1) is 0 Å². The number of aldehydes is 2. The number of hydrogen-bond donors (Lipinski definition) is 0. The molecule has 0 bridgehead atoms. The van der Waals surface area contributed by atoms with Crippen LogP contribution in [-0.4, -0.2) is 31.8 Å². The van der Waals surface area contributed by atoms with E-state index in [0.717, 1.165) is 28.1 Å². The van der Waals surface area contributed by atoms with Gasteiger partial charge in [-0.05, 0) is 24.3 Å². The molecule has 0 aromatic carbocycles. The van der Waals surface area contributed by atoms with Gasteiger partial charge in [-0.1, -0.05) is 27.5 Å². The molecule has 4 aromatic heterocycles. The quantitative estimate of drug-likeness (QED) is 0.477. The van der Waals surface area contributed by atoms with E-state index in [9.17, 15) is 9.59 Å². The van der Waals surface area contributed by atoms with Gasteiger partial charge in [-0.25, -0.2) is 9.03 Å². The molecule has 0 fully saturated rings. The molecular weight excluding hydrogens is 396 g/mol. The Hall–Kier alpha value is -2.51. The molecule has 0 aliphatic rings. The van der Waals surface area contributed by atoms with Gasteiger partial charge in [0.05, 0.1) is 34.6 Å². The molecule has 0 atom stereocenters. The van der Waals surface area contributed by atoms with E-state index >= 15 is 0 Å². The second-order valence-electron chi connectivity index (χ2n) is 4.79. The summed E-state index contributed by atoms with van der Waals surface area (Å²) in [7, 11) is 0. The maximum absolute atomic E-state index is 10.5. The molecule has 4 aromatic rings. The standard InChI is InChI=1S/C8H5BrN2O.C8H5ClN2O/c2*9-7-1-2-11-8(3-7)6(5-12)4-10-11/h2*1-5H. The number of nitrogens with zero attached hydrogens (tertiary/aromatic N) is 4. The summed E-state index contributed by atoms with van der Waals surface area (Å²) in [6, 6.07) is 7.15. The highest BCUT2D eigenvalue weighted by molar-refractivity contribution is 9.10. The fourth-order valence-electron chi connectivity index (χ4n) is 2.13. The van der Waals surface area contributed by atoms with Crippen molar-refractivity contribution in [2.75, 3.05) is 0 Å². The van der Waals surface area contributed by atoms with Gasteiger partial charge in [-0.3, -0.25) is 9.59 Å². The first kappa shape index (κ1) is 16.4. The van der Waals surface area contributed by atoms with Crippen molar-refractivity contribution in [3.8, 4) is 0 Å². The molecule has 4 heterocycles. The van der Waals surface area contributed by atoms with Crippen LogP contribution in [0.3, 0.4) is 0 Å². The Labute approximate surface area is 149 Å². The summed E-state index contributed by atoms with van der Waals surface area (Å²) in [5.74, 6) is 0. The Morgan fingerprint density at radius 3 is 2.04 bits per heavy atom. The van der Waals surface area contributed by atoms with Crippen molar-refractivity contribution in [3.05, 3.63) is 69.7 Å². The predicted octanol–water partition coefficient (Wildman–Crippen LogP) is 3.71. The molecule has 0 amide bonds. The number of hydrogen-bond acceptors (Lipinski definition) is 4. The Morgan fingerprint density at radius 2 is 1.46 bits per heavy atom. The second kappa shape index (κ2) is 6.94. The zero-order valence-corrected chi connectivity index (χ0v) is 14.5. The highest BCUT2D eigenvalue weighted by atomic mass is 79.9. The van der Waals surface area contributed by atoms with Gasteiger partial charge in [-0.2, -0.15) is 10.2 Å². The summed E-state index contributed by atoms with van der Waals surface area (Å²) in [4.78, 5) is 21.0. The Balaban J connectivity index is 0.000000141. The fraction of sp³-hybridized carbons (Fsp3) is 0. The minimum atomic E-state index is 0.553. The van der Waals surface area contributed by atoms with E-state index in [4.69, 9.17) is 11.6 Å². The lowest BCUT2D eigenvalue weighted by molar-refractivity contribution is 0.111.